The molecule has 7 nitrogen and oxygen atoms in total. The lowest BCUT2D eigenvalue weighted by Crippen LogP contribution is -2.50. The minimum absolute atomic E-state index is 0.00391. The molecule has 0 bridgehead atoms. The highest BCUT2D eigenvalue weighted by molar-refractivity contribution is 6.01. The van der Waals surface area contributed by atoms with Gasteiger partial charge in [0.1, 0.15) is 24.6 Å². The summed E-state index contributed by atoms with van der Waals surface area (Å²) in [6.45, 7) is 8.97. The number of nitrogens with two attached hydrogens (primary N) is 1. The lowest BCUT2D eigenvalue weighted by atomic mass is 10.0. The van der Waals surface area contributed by atoms with Crippen molar-refractivity contribution in [2.45, 2.75) is 32.5 Å². The van der Waals surface area contributed by atoms with E-state index in [0.717, 1.165) is 55.5 Å². The summed E-state index contributed by atoms with van der Waals surface area (Å²) in [5.74, 6) is 1.37. The third kappa shape index (κ3) is 5.39. The minimum atomic E-state index is -0.231. The molecular weight excluding hydrogens is 423 g/mol. The highest BCUT2D eigenvalue weighted by atomic mass is 19.1. The van der Waals surface area contributed by atoms with Gasteiger partial charge in [-0.1, -0.05) is 37.2 Å². The molecule has 33 heavy (non-hydrogen) atoms. The predicted octanol–water partition coefficient (Wildman–Crippen LogP) is 3.27. The predicted molar refractivity (Wildman–Crippen MR) is 128 cm³/mol. The summed E-state index contributed by atoms with van der Waals surface area (Å²) in [7, 11) is 0. The van der Waals surface area contributed by atoms with E-state index in [1.165, 1.54) is 0 Å². The fourth-order valence-electron chi connectivity index (χ4n) is 4.28. The SMILES string of the molecule is CC.NCC1CC(c2ccc(N3CCN(CC4COc5ccccc5O4)CC3)c(F)c2)=NO1. The summed E-state index contributed by atoms with van der Waals surface area (Å²) in [4.78, 5) is 9.70. The first-order valence-corrected chi connectivity index (χ1v) is 11.8. The fourth-order valence-corrected chi connectivity index (χ4v) is 4.28. The molecule has 2 N–H and O–H groups in total. The van der Waals surface area contributed by atoms with Gasteiger partial charge in [0.15, 0.2) is 11.5 Å². The van der Waals surface area contributed by atoms with Gasteiger partial charge in [0, 0.05) is 51.3 Å². The van der Waals surface area contributed by atoms with Gasteiger partial charge < -0.3 is 24.9 Å². The third-order valence-electron chi connectivity index (χ3n) is 6.02. The highest BCUT2D eigenvalue weighted by Crippen LogP contribution is 2.31. The first-order valence-electron chi connectivity index (χ1n) is 11.8. The van der Waals surface area contributed by atoms with Crippen LogP contribution in [0.4, 0.5) is 10.1 Å². The molecule has 178 valence electrons. The van der Waals surface area contributed by atoms with Crippen LogP contribution in [0, 0.1) is 5.82 Å². The number of hydrogen-bond donors (Lipinski definition) is 1. The van der Waals surface area contributed by atoms with Gasteiger partial charge in [-0.3, -0.25) is 4.90 Å². The van der Waals surface area contributed by atoms with Crippen LogP contribution in [0.2, 0.25) is 0 Å². The average Bonchev–Trinajstić information content (AvgIpc) is 3.35. The second-order valence-electron chi connectivity index (χ2n) is 8.16. The van der Waals surface area contributed by atoms with E-state index < -0.39 is 0 Å². The molecule has 1 saturated heterocycles. The van der Waals surface area contributed by atoms with Crippen LogP contribution in [-0.2, 0) is 4.84 Å². The van der Waals surface area contributed by atoms with Crippen LogP contribution in [0.5, 0.6) is 11.5 Å². The topological polar surface area (TPSA) is 72.6 Å². The number of fused-ring (bicyclic) bond motifs is 1. The van der Waals surface area contributed by atoms with Crippen LogP contribution in [0.1, 0.15) is 25.8 Å². The zero-order valence-electron chi connectivity index (χ0n) is 19.4. The molecule has 3 aliphatic rings. The minimum Gasteiger partial charge on any atom is -0.486 e. The van der Waals surface area contributed by atoms with Gasteiger partial charge in [-0.05, 0) is 24.3 Å². The maximum atomic E-state index is 14.9. The number of benzene rings is 2. The molecule has 3 heterocycles. The Hall–Kier alpha value is -2.84. The normalized spacial score (nSPS) is 22.2. The van der Waals surface area contributed by atoms with E-state index in [0.29, 0.717) is 25.3 Å². The highest BCUT2D eigenvalue weighted by Gasteiger charge is 2.27. The molecule has 5 rings (SSSR count). The van der Waals surface area contributed by atoms with Gasteiger partial charge in [0.05, 0.1) is 11.4 Å². The monoisotopic (exact) mass is 456 g/mol. The Balaban J connectivity index is 0.00000126. The van der Waals surface area contributed by atoms with Gasteiger partial charge in [-0.25, -0.2) is 4.39 Å². The lowest BCUT2D eigenvalue weighted by Gasteiger charge is -2.38. The molecule has 2 aromatic rings. The molecule has 0 spiro atoms. The summed E-state index contributed by atoms with van der Waals surface area (Å²) in [5, 5.41) is 4.05. The van der Waals surface area contributed by atoms with Crippen LogP contribution in [-0.4, -0.2) is 68.7 Å². The lowest BCUT2D eigenvalue weighted by molar-refractivity contribution is 0.0571. The van der Waals surface area contributed by atoms with E-state index in [2.05, 4.69) is 15.0 Å². The number of piperazine rings is 1. The molecule has 0 saturated carbocycles. The molecule has 0 amide bonds. The molecule has 8 heteroatoms. The van der Waals surface area contributed by atoms with Gasteiger partial charge in [0.2, 0.25) is 0 Å². The van der Waals surface area contributed by atoms with Gasteiger partial charge in [-0.2, -0.15) is 0 Å². The first kappa shape index (κ1) is 23.3. The number of oxime groups is 1. The molecule has 2 aromatic carbocycles. The third-order valence-corrected chi connectivity index (χ3v) is 6.02. The van der Waals surface area contributed by atoms with Crippen LogP contribution in [0.25, 0.3) is 0 Å². The van der Waals surface area contributed by atoms with Gasteiger partial charge in [0.25, 0.3) is 0 Å². The number of para-hydroxylation sites is 2. The molecule has 0 aliphatic carbocycles. The second kappa shape index (κ2) is 10.9. The number of ether oxygens (including phenoxy) is 2. The van der Waals surface area contributed by atoms with E-state index in [4.69, 9.17) is 20.0 Å². The molecule has 0 aromatic heterocycles. The Kier molecular flexibility index (Phi) is 7.67. The van der Waals surface area contributed by atoms with Crippen molar-refractivity contribution >= 4 is 11.4 Å². The summed E-state index contributed by atoms with van der Waals surface area (Å²) in [5.41, 5.74) is 7.76. The Morgan fingerprint density at radius 3 is 2.48 bits per heavy atom. The number of nitrogens with zero attached hydrogens (tertiary/aromatic N) is 3. The maximum Gasteiger partial charge on any atom is 0.161 e. The van der Waals surface area contributed by atoms with Gasteiger partial charge in [-0.15, -0.1) is 0 Å². The summed E-state index contributed by atoms with van der Waals surface area (Å²) in [6, 6.07) is 13.1. The molecule has 1 fully saturated rings. The van der Waals surface area contributed by atoms with Crippen molar-refractivity contribution in [1.82, 2.24) is 4.90 Å². The summed E-state index contributed by atoms with van der Waals surface area (Å²) < 4.78 is 26.8. The molecule has 0 radical (unpaired) electrons. The Morgan fingerprint density at radius 2 is 1.79 bits per heavy atom. The smallest absolute Gasteiger partial charge is 0.161 e. The second-order valence-corrected chi connectivity index (χ2v) is 8.16. The fraction of sp³-hybridized carbons (Fsp3) is 0.480. The largest absolute Gasteiger partial charge is 0.486 e. The molecular formula is C25H33FN4O3. The Labute approximate surface area is 194 Å². The standard InChI is InChI=1S/C23H27FN4O3.C2H6/c24-19-11-16(20-12-17(13-25)31-26-20)5-6-21(19)28-9-7-27(8-10-28)14-18-15-29-22-3-1-2-4-23(22)30-18;1-2/h1-6,11,17-18H,7-10,12-15,25H2;1-2H3. The van der Waals surface area contributed by atoms with Crippen LogP contribution < -0.4 is 20.1 Å². The van der Waals surface area contributed by atoms with Crippen molar-refractivity contribution in [3.8, 4) is 11.5 Å². The first-order chi connectivity index (χ1) is 16.2. The van der Waals surface area contributed by atoms with Crippen LogP contribution >= 0.6 is 0 Å². The zero-order valence-corrected chi connectivity index (χ0v) is 19.4. The van der Waals surface area contributed by atoms with E-state index in [1.807, 2.05) is 50.2 Å². The van der Waals surface area contributed by atoms with Crippen molar-refractivity contribution in [3.05, 3.63) is 53.8 Å². The number of hydrogen-bond acceptors (Lipinski definition) is 7. The van der Waals surface area contributed by atoms with Crippen molar-refractivity contribution in [3.63, 3.8) is 0 Å². The van der Waals surface area contributed by atoms with Gasteiger partial charge >= 0.3 is 0 Å². The van der Waals surface area contributed by atoms with Crippen LogP contribution in [0.15, 0.2) is 47.6 Å². The van der Waals surface area contributed by atoms with Crippen molar-refractivity contribution in [2.24, 2.45) is 10.9 Å². The molecule has 3 aliphatic heterocycles. The quantitative estimate of drug-likeness (QED) is 0.745. The average molecular weight is 457 g/mol. The molecule has 2 atom stereocenters. The Bertz CT molecular complexity index is 962. The van der Waals surface area contributed by atoms with Crippen molar-refractivity contribution in [2.75, 3.05) is 50.8 Å². The van der Waals surface area contributed by atoms with E-state index >= 15 is 0 Å². The van der Waals surface area contributed by atoms with E-state index in [1.54, 1.807) is 6.07 Å². The molecule has 2 unspecified atom stereocenters. The summed E-state index contributed by atoms with van der Waals surface area (Å²) in [6.07, 6.45) is 0.507. The number of anilines is 1. The van der Waals surface area contributed by atoms with Crippen molar-refractivity contribution < 1.29 is 18.7 Å². The van der Waals surface area contributed by atoms with Crippen LogP contribution in [0.3, 0.4) is 0 Å². The van der Waals surface area contributed by atoms with E-state index in [9.17, 15) is 4.39 Å². The maximum absolute atomic E-state index is 14.9. The number of halogens is 1. The zero-order chi connectivity index (χ0) is 23.2. The number of rotatable bonds is 5. The van der Waals surface area contributed by atoms with Crippen molar-refractivity contribution in [1.29, 1.82) is 0 Å². The Morgan fingerprint density at radius 1 is 1.03 bits per heavy atom. The summed E-state index contributed by atoms with van der Waals surface area (Å²) >= 11 is 0. The van der Waals surface area contributed by atoms with E-state index in [-0.39, 0.29) is 18.0 Å².